The summed E-state index contributed by atoms with van der Waals surface area (Å²) in [4.78, 5) is 34.3. The molecule has 0 amide bonds. The van der Waals surface area contributed by atoms with Gasteiger partial charge in [0, 0.05) is 32.9 Å². The molecule has 1 aliphatic carbocycles. The van der Waals surface area contributed by atoms with Crippen LogP contribution in [0.4, 0.5) is 5.69 Å². The van der Waals surface area contributed by atoms with Gasteiger partial charge >= 0.3 is 0 Å². The lowest BCUT2D eigenvalue weighted by molar-refractivity contribution is -0.384. The highest BCUT2D eigenvalue weighted by molar-refractivity contribution is 8.03. The Morgan fingerprint density at radius 1 is 1.11 bits per heavy atom. The molecule has 1 N–H and O–H groups in total. The molecule has 0 aliphatic heterocycles. The maximum absolute atomic E-state index is 12.9. The number of hydrogen-bond donors (Lipinski definition) is 1. The maximum Gasteiger partial charge on any atom is 0.269 e. The molecule has 35 heavy (non-hydrogen) atoms. The number of non-ortho nitro benzene ring substituents is 1. The molecular formula is C25H22ClN3O3S3. The number of thioether (sulfide) groups is 2. The average Bonchev–Trinajstić information content (AvgIpc) is 3.26. The second-order valence-electron chi connectivity index (χ2n) is 8.29. The van der Waals surface area contributed by atoms with Crippen molar-refractivity contribution in [2.45, 2.75) is 46.4 Å². The summed E-state index contributed by atoms with van der Waals surface area (Å²) in [5.41, 5.74) is 2.16. The zero-order valence-corrected chi connectivity index (χ0v) is 21.8. The highest BCUT2D eigenvalue weighted by Gasteiger charge is 2.25. The molecule has 0 unspecified atom stereocenters. The molecule has 4 aromatic rings. The van der Waals surface area contributed by atoms with Crippen LogP contribution in [0.1, 0.15) is 34.2 Å². The van der Waals surface area contributed by atoms with Crippen LogP contribution >= 0.6 is 46.5 Å². The zero-order chi connectivity index (χ0) is 24.4. The van der Waals surface area contributed by atoms with Crippen LogP contribution in [0.5, 0.6) is 0 Å². The van der Waals surface area contributed by atoms with Gasteiger partial charge in [-0.05, 0) is 48.9 Å². The maximum atomic E-state index is 12.9. The van der Waals surface area contributed by atoms with Crippen molar-refractivity contribution in [3.05, 3.63) is 91.1 Å². The molecule has 0 spiro atoms. The van der Waals surface area contributed by atoms with Gasteiger partial charge in [-0.3, -0.25) is 14.9 Å². The third-order valence-electron chi connectivity index (χ3n) is 5.97. The highest BCUT2D eigenvalue weighted by Crippen LogP contribution is 2.40. The number of aryl methyl sites for hydroxylation is 2. The second kappa shape index (κ2) is 10.7. The SMILES string of the molecule is O=c1[nH]c(SC[C@H](Sc2ccc([N+](=O)[O-])cc2)[C@H](Cl)c2ccccc2)nc2sc3c(c12)CCCC3. The summed E-state index contributed by atoms with van der Waals surface area (Å²) < 4.78 is 0. The van der Waals surface area contributed by atoms with E-state index < -0.39 is 4.92 Å². The Morgan fingerprint density at radius 3 is 2.60 bits per heavy atom. The van der Waals surface area contributed by atoms with Crippen LogP contribution in [-0.2, 0) is 12.8 Å². The zero-order valence-electron chi connectivity index (χ0n) is 18.6. The number of aromatic nitrogens is 2. The predicted molar refractivity (Wildman–Crippen MR) is 145 cm³/mol. The summed E-state index contributed by atoms with van der Waals surface area (Å²) in [7, 11) is 0. The Hall–Kier alpha value is -2.33. The van der Waals surface area contributed by atoms with Gasteiger partial charge < -0.3 is 4.98 Å². The van der Waals surface area contributed by atoms with Crippen LogP contribution in [0, 0.1) is 10.1 Å². The van der Waals surface area contributed by atoms with Crippen LogP contribution < -0.4 is 5.56 Å². The average molecular weight is 544 g/mol. The number of hydrogen-bond acceptors (Lipinski definition) is 7. The minimum Gasteiger partial charge on any atom is -0.301 e. The molecule has 0 radical (unpaired) electrons. The first-order chi connectivity index (χ1) is 17.0. The normalized spacial score (nSPS) is 15.0. The molecule has 0 bridgehead atoms. The van der Waals surface area contributed by atoms with E-state index in [2.05, 4.69) is 4.98 Å². The molecule has 2 heterocycles. The Labute approximate surface area is 219 Å². The number of halogens is 1. The molecule has 2 aromatic heterocycles. The predicted octanol–water partition coefficient (Wildman–Crippen LogP) is 7.00. The Morgan fingerprint density at radius 2 is 1.86 bits per heavy atom. The number of nitro groups is 1. The van der Waals surface area contributed by atoms with Crippen molar-refractivity contribution in [2.75, 3.05) is 5.75 Å². The molecule has 0 saturated carbocycles. The van der Waals surface area contributed by atoms with E-state index in [4.69, 9.17) is 16.6 Å². The smallest absolute Gasteiger partial charge is 0.269 e. The van der Waals surface area contributed by atoms with Gasteiger partial charge in [-0.2, -0.15) is 0 Å². The van der Waals surface area contributed by atoms with E-state index in [1.165, 1.54) is 34.3 Å². The van der Waals surface area contributed by atoms with E-state index in [9.17, 15) is 14.9 Å². The minimum atomic E-state index is -0.406. The summed E-state index contributed by atoms with van der Waals surface area (Å²) in [6.45, 7) is 0. The standard InChI is InChI=1S/C25H22ClN3O3S3/c26-22(15-6-2-1-3-7-15)20(34-17-12-10-16(11-13-17)29(31)32)14-33-25-27-23(30)21-18-8-4-5-9-19(18)35-24(21)28-25/h1-3,6-7,10-13,20,22H,4-5,8-9,14H2,(H,27,28,30)/t20-,22+/m0/s1. The van der Waals surface area contributed by atoms with Gasteiger partial charge in [0.05, 0.1) is 15.7 Å². The van der Waals surface area contributed by atoms with Crippen LogP contribution in [0.3, 0.4) is 0 Å². The Bertz CT molecular complexity index is 1410. The molecule has 0 fully saturated rings. The van der Waals surface area contributed by atoms with Crippen molar-refractivity contribution in [3.63, 3.8) is 0 Å². The van der Waals surface area contributed by atoms with Gasteiger partial charge in [-0.1, -0.05) is 42.1 Å². The van der Waals surface area contributed by atoms with E-state index >= 15 is 0 Å². The first-order valence-electron chi connectivity index (χ1n) is 11.3. The number of nitro benzene ring substituents is 1. The van der Waals surface area contributed by atoms with Crippen LogP contribution in [-0.4, -0.2) is 25.9 Å². The number of nitrogens with zero attached hydrogens (tertiary/aromatic N) is 2. The first-order valence-corrected chi connectivity index (χ1v) is 14.4. The van der Waals surface area contributed by atoms with E-state index in [1.807, 2.05) is 30.3 Å². The molecule has 180 valence electrons. The fraction of sp³-hybridized carbons (Fsp3) is 0.280. The van der Waals surface area contributed by atoms with Gasteiger partial charge in [0.2, 0.25) is 0 Å². The van der Waals surface area contributed by atoms with Crippen molar-refractivity contribution in [1.29, 1.82) is 0 Å². The number of aromatic amines is 1. The van der Waals surface area contributed by atoms with Gasteiger partial charge in [-0.25, -0.2) is 4.98 Å². The largest absolute Gasteiger partial charge is 0.301 e. The van der Waals surface area contributed by atoms with Gasteiger partial charge in [0.25, 0.3) is 11.2 Å². The minimum absolute atomic E-state index is 0.0551. The number of H-pyrrole nitrogens is 1. The number of benzene rings is 2. The molecule has 2 aromatic carbocycles. The number of alkyl halides is 1. The second-order valence-corrected chi connectivity index (χ2v) is 12.2. The summed E-state index contributed by atoms with van der Waals surface area (Å²) in [5, 5.41) is 12.0. The van der Waals surface area contributed by atoms with Crippen molar-refractivity contribution < 1.29 is 4.92 Å². The first kappa shape index (κ1) is 24.4. The molecule has 5 rings (SSSR count). The summed E-state index contributed by atoms with van der Waals surface area (Å²) in [5.74, 6) is 0.601. The van der Waals surface area contributed by atoms with Gasteiger partial charge in [0.1, 0.15) is 4.83 Å². The molecule has 2 atom stereocenters. The van der Waals surface area contributed by atoms with E-state index in [1.54, 1.807) is 35.2 Å². The molecule has 10 heteroatoms. The molecule has 0 saturated heterocycles. The van der Waals surface area contributed by atoms with E-state index in [0.29, 0.717) is 10.9 Å². The quantitative estimate of drug-likeness (QED) is 0.0845. The Balaban J connectivity index is 1.39. The van der Waals surface area contributed by atoms with Crippen LogP contribution in [0.2, 0.25) is 0 Å². The lowest BCUT2D eigenvalue weighted by Crippen LogP contribution is -2.15. The summed E-state index contributed by atoms with van der Waals surface area (Å²) >= 11 is 11.6. The van der Waals surface area contributed by atoms with Gasteiger partial charge in [0.15, 0.2) is 5.16 Å². The monoisotopic (exact) mass is 543 g/mol. The van der Waals surface area contributed by atoms with Gasteiger partial charge in [-0.15, -0.1) is 34.7 Å². The molecule has 1 aliphatic rings. The third kappa shape index (κ3) is 5.43. The Kier molecular flexibility index (Phi) is 7.48. The van der Waals surface area contributed by atoms with Crippen LogP contribution in [0.25, 0.3) is 10.2 Å². The highest BCUT2D eigenvalue weighted by atomic mass is 35.5. The lowest BCUT2D eigenvalue weighted by atomic mass is 9.97. The summed E-state index contributed by atoms with van der Waals surface area (Å²) in [6, 6.07) is 16.4. The molecule has 6 nitrogen and oxygen atoms in total. The van der Waals surface area contributed by atoms with Crippen molar-refractivity contribution in [1.82, 2.24) is 9.97 Å². The number of rotatable bonds is 8. The van der Waals surface area contributed by atoms with Crippen molar-refractivity contribution in [2.24, 2.45) is 0 Å². The number of nitrogens with one attached hydrogen (secondary N) is 1. The fourth-order valence-electron chi connectivity index (χ4n) is 4.22. The lowest BCUT2D eigenvalue weighted by Gasteiger charge is -2.22. The fourth-order valence-corrected chi connectivity index (χ4v) is 8.27. The topological polar surface area (TPSA) is 88.9 Å². The number of fused-ring (bicyclic) bond motifs is 3. The van der Waals surface area contributed by atoms with Crippen molar-refractivity contribution >= 4 is 62.4 Å². The molecular weight excluding hydrogens is 522 g/mol. The van der Waals surface area contributed by atoms with Crippen LogP contribution in [0.15, 0.2) is 69.4 Å². The van der Waals surface area contributed by atoms with E-state index in [0.717, 1.165) is 46.4 Å². The van der Waals surface area contributed by atoms with E-state index in [-0.39, 0.29) is 21.9 Å². The third-order valence-corrected chi connectivity index (χ3v) is 10.3. The van der Waals surface area contributed by atoms with Crippen molar-refractivity contribution in [3.8, 4) is 0 Å². The number of thiophene rings is 1. The summed E-state index contributed by atoms with van der Waals surface area (Å²) in [6.07, 6.45) is 4.26.